The molecule has 0 aliphatic heterocycles. The number of unbranched alkanes of at least 4 members (excludes halogenated alkanes) is 18. The molecule has 0 aliphatic carbocycles. The number of aliphatic hydroxyl groups excluding tert-OH is 2. The number of hydrogen-bond acceptors (Lipinski definition) is 5. The van der Waals surface area contributed by atoms with Crippen LogP contribution in [0.5, 0.6) is 0 Å². The van der Waals surface area contributed by atoms with E-state index in [4.69, 9.17) is 4.74 Å². The highest BCUT2D eigenvalue weighted by Crippen LogP contribution is 2.16. The van der Waals surface area contributed by atoms with Gasteiger partial charge in [-0.25, -0.2) is 0 Å². The molecule has 0 saturated heterocycles. The summed E-state index contributed by atoms with van der Waals surface area (Å²) in [6.07, 6.45) is 72.9. The summed E-state index contributed by atoms with van der Waals surface area (Å²) in [5.74, 6) is -0.573. The monoisotopic (exact) mass is 930 g/mol. The van der Waals surface area contributed by atoms with Gasteiger partial charge < -0.3 is 20.3 Å². The standard InChI is InChI=1S/C61H103NO5/c1-4-7-10-13-16-19-22-25-27-29-30-32-34-36-39-42-45-48-51-54-61(66)67-57(52-49-46-43-40-37-35-33-31-28-26-23-20-17-14-11-8-5-2)55-60(65)62-58(56-63)59(64)53-50-47-44-41-38-24-21-18-15-12-9-6-3/h7,10,16-17,19-20,25-28,30,32-33,35-36,39-40,43,57-59,63-64H,4-6,8-9,11-15,18,21-24,29,31,34,37-38,41-42,44-56H2,1-3H3,(H,62,65)/b10-7-,19-16-,20-17-,27-25-,28-26-,32-30-,35-33-,39-36-,43-40-. The second-order valence-corrected chi connectivity index (χ2v) is 18.2. The van der Waals surface area contributed by atoms with Crippen LogP contribution in [0.25, 0.3) is 0 Å². The molecule has 3 atom stereocenters. The van der Waals surface area contributed by atoms with Crippen molar-refractivity contribution in [3.63, 3.8) is 0 Å². The molecule has 0 fully saturated rings. The zero-order valence-corrected chi connectivity index (χ0v) is 43.5. The molecule has 0 rings (SSSR count). The molecule has 6 heteroatoms. The quantitative estimate of drug-likeness (QED) is 0.0321. The van der Waals surface area contributed by atoms with E-state index in [1.165, 1.54) is 83.5 Å². The lowest BCUT2D eigenvalue weighted by atomic mass is 10.0. The van der Waals surface area contributed by atoms with Crippen molar-refractivity contribution >= 4 is 11.9 Å². The number of esters is 1. The van der Waals surface area contributed by atoms with Crippen LogP contribution in [0.1, 0.15) is 239 Å². The Morgan fingerprint density at radius 2 is 0.821 bits per heavy atom. The lowest BCUT2D eigenvalue weighted by molar-refractivity contribution is -0.151. The number of ether oxygens (including phenoxy) is 1. The molecule has 0 aromatic heterocycles. The first kappa shape index (κ1) is 63.5. The highest BCUT2D eigenvalue weighted by Gasteiger charge is 2.24. The molecule has 0 saturated carbocycles. The summed E-state index contributed by atoms with van der Waals surface area (Å²) >= 11 is 0. The Kier molecular flexibility index (Phi) is 50.7. The second-order valence-electron chi connectivity index (χ2n) is 18.2. The first-order valence-electron chi connectivity index (χ1n) is 27.6. The number of carbonyl (C=O) groups is 2. The molecule has 382 valence electrons. The fourth-order valence-corrected chi connectivity index (χ4v) is 7.68. The van der Waals surface area contributed by atoms with E-state index < -0.39 is 18.2 Å². The van der Waals surface area contributed by atoms with Gasteiger partial charge in [0, 0.05) is 6.42 Å². The minimum atomic E-state index is -0.815. The van der Waals surface area contributed by atoms with Crippen LogP contribution in [-0.4, -0.2) is 46.9 Å². The van der Waals surface area contributed by atoms with Crippen LogP contribution in [0, 0.1) is 0 Å². The van der Waals surface area contributed by atoms with Gasteiger partial charge in [0.25, 0.3) is 0 Å². The van der Waals surface area contributed by atoms with Crippen LogP contribution in [0.2, 0.25) is 0 Å². The largest absolute Gasteiger partial charge is 0.462 e. The number of carbonyl (C=O) groups excluding carboxylic acids is 2. The molecule has 3 N–H and O–H groups in total. The van der Waals surface area contributed by atoms with Gasteiger partial charge in [0.15, 0.2) is 0 Å². The molecule has 0 spiro atoms. The summed E-state index contributed by atoms with van der Waals surface area (Å²) in [5.41, 5.74) is 0. The van der Waals surface area contributed by atoms with Crippen molar-refractivity contribution in [1.29, 1.82) is 0 Å². The summed E-state index contributed by atoms with van der Waals surface area (Å²) in [6.45, 7) is 6.31. The van der Waals surface area contributed by atoms with Crippen LogP contribution >= 0.6 is 0 Å². The molecular formula is C61H103NO5. The molecule has 0 aromatic rings. The fourth-order valence-electron chi connectivity index (χ4n) is 7.68. The summed E-state index contributed by atoms with van der Waals surface area (Å²) in [5, 5.41) is 23.8. The topological polar surface area (TPSA) is 95.9 Å². The van der Waals surface area contributed by atoms with Gasteiger partial charge in [-0.05, 0) is 109 Å². The highest BCUT2D eigenvalue weighted by molar-refractivity contribution is 5.77. The fraction of sp³-hybridized carbons (Fsp3) is 0.672. The van der Waals surface area contributed by atoms with E-state index in [-0.39, 0.29) is 24.9 Å². The Morgan fingerprint density at radius 1 is 0.448 bits per heavy atom. The predicted octanol–water partition coefficient (Wildman–Crippen LogP) is 17.1. The molecule has 6 nitrogen and oxygen atoms in total. The smallest absolute Gasteiger partial charge is 0.306 e. The van der Waals surface area contributed by atoms with Gasteiger partial charge >= 0.3 is 5.97 Å². The van der Waals surface area contributed by atoms with Crippen molar-refractivity contribution < 1.29 is 24.5 Å². The number of amides is 1. The van der Waals surface area contributed by atoms with E-state index in [1.54, 1.807) is 0 Å². The van der Waals surface area contributed by atoms with E-state index >= 15 is 0 Å². The van der Waals surface area contributed by atoms with Crippen LogP contribution in [-0.2, 0) is 14.3 Å². The van der Waals surface area contributed by atoms with Crippen molar-refractivity contribution in [3.05, 3.63) is 109 Å². The average Bonchev–Trinajstić information content (AvgIpc) is 3.32. The number of allylic oxidation sites excluding steroid dienone is 18. The Labute approximate surface area is 413 Å². The number of nitrogens with one attached hydrogen (secondary N) is 1. The molecule has 0 aromatic carbocycles. The SMILES string of the molecule is CC/C=C\C/C=C\C/C=C\C/C=C\C/C=C\CCCCCC(=O)OC(CCC/C=C\C/C=C\C/C=C\C/C=C\CCCCC)CC(=O)NC(CO)C(O)CCCCCCCCCCCCCC. The van der Waals surface area contributed by atoms with E-state index in [2.05, 4.69) is 135 Å². The first-order valence-corrected chi connectivity index (χ1v) is 27.6. The Balaban J connectivity index is 4.76. The van der Waals surface area contributed by atoms with E-state index in [0.717, 1.165) is 109 Å². The second kappa shape index (κ2) is 53.5. The number of hydrogen-bond donors (Lipinski definition) is 3. The maximum atomic E-state index is 13.2. The van der Waals surface area contributed by atoms with Gasteiger partial charge in [-0.2, -0.15) is 0 Å². The Hall–Kier alpha value is -3.48. The Morgan fingerprint density at radius 3 is 1.27 bits per heavy atom. The van der Waals surface area contributed by atoms with Gasteiger partial charge in [0.2, 0.25) is 5.91 Å². The maximum absolute atomic E-state index is 13.2. The predicted molar refractivity (Wildman–Crippen MR) is 291 cm³/mol. The van der Waals surface area contributed by atoms with Crippen molar-refractivity contribution in [2.24, 2.45) is 0 Å². The van der Waals surface area contributed by atoms with Crippen LogP contribution in [0.15, 0.2) is 109 Å². The van der Waals surface area contributed by atoms with Gasteiger partial charge in [-0.15, -0.1) is 0 Å². The van der Waals surface area contributed by atoms with E-state index in [9.17, 15) is 19.8 Å². The molecular weight excluding hydrogens is 827 g/mol. The minimum absolute atomic E-state index is 0.0201. The van der Waals surface area contributed by atoms with Crippen molar-refractivity contribution in [2.75, 3.05) is 6.61 Å². The van der Waals surface area contributed by atoms with Crippen molar-refractivity contribution in [3.8, 4) is 0 Å². The zero-order chi connectivity index (χ0) is 48.8. The molecule has 0 heterocycles. The third kappa shape index (κ3) is 48.8. The minimum Gasteiger partial charge on any atom is -0.462 e. The molecule has 0 radical (unpaired) electrons. The maximum Gasteiger partial charge on any atom is 0.306 e. The van der Waals surface area contributed by atoms with E-state index in [0.29, 0.717) is 19.3 Å². The summed E-state index contributed by atoms with van der Waals surface area (Å²) < 4.78 is 5.91. The Bertz CT molecular complexity index is 1370. The molecule has 67 heavy (non-hydrogen) atoms. The molecule has 0 aliphatic rings. The van der Waals surface area contributed by atoms with E-state index in [1.807, 2.05) is 0 Å². The summed E-state index contributed by atoms with van der Waals surface area (Å²) in [7, 11) is 0. The van der Waals surface area contributed by atoms with Crippen LogP contribution < -0.4 is 5.32 Å². The number of rotatable bonds is 48. The third-order valence-corrected chi connectivity index (χ3v) is 11.8. The summed E-state index contributed by atoms with van der Waals surface area (Å²) in [4.78, 5) is 26.2. The average molecular weight is 930 g/mol. The first-order chi connectivity index (χ1) is 33.0. The molecule has 0 bridgehead atoms. The van der Waals surface area contributed by atoms with Crippen LogP contribution in [0.3, 0.4) is 0 Å². The molecule has 1 amide bonds. The highest BCUT2D eigenvalue weighted by atomic mass is 16.5. The van der Waals surface area contributed by atoms with Crippen molar-refractivity contribution in [2.45, 2.75) is 257 Å². The van der Waals surface area contributed by atoms with Gasteiger partial charge in [-0.3, -0.25) is 9.59 Å². The number of aliphatic hydroxyl groups is 2. The zero-order valence-electron chi connectivity index (χ0n) is 43.5. The van der Waals surface area contributed by atoms with Gasteiger partial charge in [0.05, 0.1) is 25.2 Å². The van der Waals surface area contributed by atoms with Gasteiger partial charge in [-0.1, -0.05) is 226 Å². The lowest BCUT2D eigenvalue weighted by Crippen LogP contribution is -2.46. The normalized spacial score (nSPS) is 14.0. The molecule has 3 unspecified atom stereocenters. The van der Waals surface area contributed by atoms with Crippen LogP contribution in [0.4, 0.5) is 0 Å². The third-order valence-electron chi connectivity index (χ3n) is 11.8. The lowest BCUT2D eigenvalue weighted by Gasteiger charge is -2.24. The van der Waals surface area contributed by atoms with Gasteiger partial charge in [0.1, 0.15) is 6.10 Å². The summed E-state index contributed by atoms with van der Waals surface area (Å²) in [6, 6.07) is -0.733. The van der Waals surface area contributed by atoms with Crippen molar-refractivity contribution in [1.82, 2.24) is 5.32 Å².